The van der Waals surface area contributed by atoms with Gasteiger partial charge in [0.25, 0.3) is 0 Å². The van der Waals surface area contributed by atoms with Crippen LogP contribution in [-0.4, -0.2) is 24.4 Å². The van der Waals surface area contributed by atoms with Gasteiger partial charge in [-0.05, 0) is 26.2 Å². The van der Waals surface area contributed by atoms with Crippen molar-refractivity contribution in [1.29, 1.82) is 0 Å². The van der Waals surface area contributed by atoms with Crippen molar-refractivity contribution in [3.05, 3.63) is 0 Å². The number of carbonyl (C=O) groups excluding carboxylic acids is 1. The topological polar surface area (TPSA) is 47.9 Å². The van der Waals surface area contributed by atoms with Crippen LogP contribution in [0.2, 0.25) is 0 Å². The zero-order chi connectivity index (χ0) is 13.4. The summed E-state index contributed by atoms with van der Waals surface area (Å²) in [6, 6.07) is 0. The van der Waals surface area contributed by atoms with Crippen molar-refractivity contribution in [3.63, 3.8) is 0 Å². The van der Waals surface area contributed by atoms with Gasteiger partial charge in [0.05, 0.1) is 12.5 Å². The summed E-state index contributed by atoms with van der Waals surface area (Å²) in [5, 5.41) is 3.97. The average Bonchev–Trinajstić information content (AvgIpc) is 2.77. The van der Waals surface area contributed by atoms with E-state index < -0.39 is 0 Å². The summed E-state index contributed by atoms with van der Waals surface area (Å²) < 4.78 is 5.04. The molecule has 0 aromatic heterocycles. The third kappa shape index (κ3) is 4.00. The molecule has 0 saturated carbocycles. The van der Waals surface area contributed by atoms with Gasteiger partial charge in [0.2, 0.25) is 0 Å². The second-order valence-electron chi connectivity index (χ2n) is 4.73. The van der Waals surface area contributed by atoms with Crippen molar-refractivity contribution in [2.45, 2.75) is 65.4 Å². The third-order valence-corrected chi connectivity index (χ3v) is 3.28. The van der Waals surface area contributed by atoms with Gasteiger partial charge in [-0.25, -0.2) is 4.79 Å². The number of nitrogens with zero attached hydrogens (tertiary/aromatic N) is 1. The molecular weight excluding hydrogens is 230 g/mol. The standard InChI is InChI=1S/C14H25NO3/c1-4-7-9-11-12(10-8-5-2)18-15-13(11)14(16)17-6-3/h11-12H,4-10H2,1-3H3/t11-,12-/m1/s1. The van der Waals surface area contributed by atoms with Crippen molar-refractivity contribution < 1.29 is 14.4 Å². The Morgan fingerprint density at radius 1 is 1.22 bits per heavy atom. The number of unbranched alkanes of at least 4 members (excludes halogenated alkanes) is 2. The quantitative estimate of drug-likeness (QED) is 0.625. The van der Waals surface area contributed by atoms with E-state index in [1.54, 1.807) is 0 Å². The highest BCUT2D eigenvalue weighted by Crippen LogP contribution is 2.28. The van der Waals surface area contributed by atoms with Gasteiger partial charge in [0.15, 0.2) is 5.71 Å². The Kier molecular flexibility index (Phi) is 6.76. The van der Waals surface area contributed by atoms with Crippen molar-refractivity contribution in [1.82, 2.24) is 0 Å². The first-order chi connectivity index (χ1) is 8.74. The van der Waals surface area contributed by atoms with Crippen LogP contribution in [0.3, 0.4) is 0 Å². The summed E-state index contributed by atoms with van der Waals surface area (Å²) in [6.07, 6.45) is 6.45. The predicted molar refractivity (Wildman–Crippen MR) is 71.5 cm³/mol. The summed E-state index contributed by atoms with van der Waals surface area (Å²) in [7, 11) is 0. The molecule has 1 aliphatic rings. The number of hydrogen-bond donors (Lipinski definition) is 0. The number of carbonyl (C=O) groups is 1. The normalized spacial score (nSPS) is 22.5. The van der Waals surface area contributed by atoms with Crippen LogP contribution >= 0.6 is 0 Å². The van der Waals surface area contributed by atoms with E-state index in [0.29, 0.717) is 12.3 Å². The Morgan fingerprint density at radius 2 is 1.89 bits per heavy atom. The molecule has 0 saturated heterocycles. The minimum Gasteiger partial charge on any atom is -0.461 e. The van der Waals surface area contributed by atoms with Gasteiger partial charge in [-0.3, -0.25) is 0 Å². The Labute approximate surface area is 110 Å². The lowest BCUT2D eigenvalue weighted by atomic mass is 9.89. The van der Waals surface area contributed by atoms with E-state index in [1.807, 2.05) is 6.92 Å². The van der Waals surface area contributed by atoms with E-state index in [9.17, 15) is 4.79 Å². The molecule has 1 rings (SSSR count). The van der Waals surface area contributed by atoms with Crippen molar-refractivity contribution in [2.24, 2.45) is 11.1 Å². The predicted octanol–water partition coefficient (Wildman–Crippen LogP) is 3.30. The molecule has 0 N–H and O–H groups in total. The molecule has 4 nitrogen and oxygen atoms in total. The van der Waals surface area contributed by atoms with Crippen LogP contribution in [-0.2, 0) is 14.4 Å². The van der Waals surface area contributed by atoms with Crippen LogP contribution in [0.15, 0.2) is 5.16 Å². The first-order valence-electron chi connectivity index (χ1n) is 7.15. The summed E-state index contributed by atoms with van der Waals surface area (Å²) in [6.45, 7) is 6.50. The van der Waals surface area contributed by atoms with E-state index >= 15 is 0 Å². The minimum atomic E-state index is -0.308. The highest BCUT2D eigenvalue weighted by molar-refractivity contribution is 6.37. The second kappa shape index (κ2) is 8.11. The Morgan fingerprint density at radius 3 is 2.50 bits per heavy atom. The lowest BCUT2D eigenvalue weighted by molar-refractivity contribution is -0.135. The average molecular weight is 255 g/mol. The maximum absolute atomic E-state index is 11.8. The smallest absolute Gasteiger partial charge is 0.356 e. The lowest BCUT2D eigenvalue weighted by Crippen LogP contribution is -2.30. The van der Waals surface area contributed by atoms with E-state index in [-0.39, 0.29) is 18.0 Å². The monoisotopic (exact) mass is 255 g/mol. The molecule has 0 spiro atoms. The molecule has 18 heavy (non-hydrogen) atoms. The lowest BCUT2D eigenvalue weighted by Gasteiger charge is -2.17. The van der Waals surface area contributed by atoms with Crippen molar-refractivity contribution in [2.75, 3.05) is 6.61 Å². The van der Waals surface area contributed by atoms with Crippen molar-refractivity contribution in [3.8, 4) is 0 Å². The van der Waals surface area contributed by atoms with Crippen LogP contribution in [0.25, 0.3) is 0 Å². The van der Waals surface area contributed by atoms with Gasteiger partial charge >= 0.3 is 5.97 Å². The van der Waals surface area contributed by atoms with Gasteiger partial charge in [0.1, 0.15) is 6.10 Å². The van der Waals surface area contributed by atoms with Crippen LogP contribution in [0.5, 0.6) is 0 Å². The van der Waals surface area contributed by atoms with Crippen molar-refractivity contribution >= 4 is 11.7 Å². The minimum absolute atomic E-state index is 0.0657. The molecule has 0 unspecified atom stereocenters. The molecule has 0 fully saturated rings. The summed E-state index contributed by atoms with van der Waals surface area (Å²) >= 11 is 0. The van der Waals surface area contributed by atoms with E-state index in [2.05, 4.69) is 19.0 Å². The Hall–Kier alpha value is -1.06. The molecule has 0 aromatic carbocycles. The number of esters is 1. The third-order valence-electron chi connectivity index (χ3n) is 3.28. The summed E-state index contributed by atoms with van der Waals surface area (Å²) in [5.74, 6) is -0.187. The van der Waals surface area contributed by atoms with Crippen LogP contribution in [0.1, 0.15) is 59.3 Å². The van der Waals surface area contributed by atoms with E-state index in [0.717, 1.165) is 38.5 Å². The zero-order valence-electron chi connectivity index (χ0n) is 11.8. The molecule has 2 atom stereocenters. The molecule has 0 radical (unpaired) electrons. The molecule has 0 amide bonds. The maximum Gasteiger partial charge on any atom is 0.356 e. The van der Waals surface area contributed by atoms with Gasteiger partial charge in [0, 0.05) is 0 Å². The number of rotatable bonds is 8. The second-order valence-corrected chi connectivity index (χ2v) is 4.73. The van der Waals surface area contributed by atoms with Gasteiger partial charge < -0.3 is 9.57 Å². The Bertz CT molecular complexity index is 289. The molecular formula is C14H25NO3. The molecule has 1 heterocycles. The molecule has 0 aromatic rings. The SMILES string of the molecule is CCCC[C@H]1ON=C(C(=O)OCC)[C@@H]1CCCC. The fraction of sp³-hybridized carbons (Fsp3) is 0.857. The fourth-order valence-electron chi connectivity index (χ4n) is 2.24. The van der Waals surface area contributed by atoms with Crippen LogP contribution < -0.4 is 0 Å². The molecule has 0 bridgehead atoms. The molecule has 0 aliphatic carbocycles. The molecule has 1 aliphatic heterocycles. The summed E-state index contributed by atoms with van der Waals surface area (Å²) in [5.41, 5.74) is 0.492. The van der Waals surface area contributed by atoms with Gasteiger partial charge in [-0.2, -0.15) is 0 Å². The largest absolute Gasteiger partial charge is 0.461 e. The van der Waals surface area contributed by atoms with Crippen LogP contribution in [0, 0.1) is 5.92 Å². The van der Waals surface area contributed by atoms with E-state index in [1.165, 1.54) is 0 Å². The molecule has 4 heteroatoms. The number of oxime groups is 1. The fourth-order valence-corrected chi connectivity index (χ4v) is 2.24. The highest BCUT2D eigenvalue weighted by Gasteiger charge is 2.37. The Balaban J connectivity index is 2.61. The highest BCUT2D eigenvalue weighted by atomic mass is 16.6. The zero-order valence-corrected chi connectivity index (χ0v) is 11.8. The molecule has 104 valence electrons. The number of ether oxygens (including phenoxy) is 1. The van der Waals surface area contributed by atoms with Gasteiger partial charge in [-0.15, -0.1) is 0 Å². The maximum atomic E-state index is 11.8. The van der Waals surface area contributed by atoms with E-state index in [4.69, 9.17) is 9.57 Å². The first-order valence-corrected chi connectivity index (χ1v) is 7.15. The number of hydrogen-bond acceptors (Lipinski definition) is 4. The summed E-state index contributed by atoms with van der Waals surface area (Å²) in [4.78, 5) is 17.2. The first kappa shape index (κ1) is 15.0. The van der Waals surface area contributed by atoms with Gasteiger partial charge in [-0.1, -0.05) is 38.3 Å². The van der Waals surface area contributed by atoms with Crippen LogP contribution in [0.4, 0.5) is 0 Å².